The Balaban J connectivity index is 2.43. The molecule has 0 spiro atoms. The summed E-state index contributed by atoms with van der Waals surface area (Å²) in [4.78, 5) is 0. The third-order valence-corrected chi connectivity index (χ3v) is 5.06. The van der Waals surface area contributed by atoms with E-state index in [9.17, 15) is 8.42 Å². The van der Waals surface area contributed by atoms with Gasteiger partial charge >= 0.3 is 0 Å². The summed E-state index contributed by atoms with van der Waals surface area (Å²) in [5, 5.41) is 2.94. The van der Waals surface area contributed by atoms with Crippen molar-refractivity contribution in [3.8, 4) is 0 Å². The Labute approximate surface area is 104 Å². The molecule has 0 aliphatic heterocycles. The molecule has 0 saturated carbocycles. The molecule has 0 amide bonds. The molecule has 3 nitrogen and oxygen atoms in total. The molecule has 1 aromatic rings. The van der Waals surface area contributed by atoms with Crippen molar-refractivity contribution in [3.63, 3.8) is 0 Å². The van der Waals surface area contributed by atoms with Gasteiger partial charge in [-0.1, -0.05) is 30.3 Å². The fourth-order valence-corrected chi connectivity index (χ4v) is 2.39. The highest BCUT2D eigenvalue weighted by atomic mass is 32.2. The molecule has 0 aliphatic rings. The quantitative estimate of drug-likeness (QED) is 0.847. The lowest BCUT2D eigenvalue weighted by molar-refractivity contribution is 0.566. The van der Waals surface area contributed by atoms with Crippen LogP contribution in [-0.2, 0) is 9.84 Å². The van der Waals surface area contributed by atoms with Gasteiger partial charge in [0, 0.05) is 12.6 Å². The van der Waals surface area contributed by atoms with Gasteiger partial charge in [-0.05, 0) is 26.3 Å². The molecule has 0 aliphatic carbocycles. The number of sulfone groups is 1. The van der Waals surface area contributed by atoms with Crippen molar-refractivity contribution in [3.05, 3.63) is 35.9 Å². The van der Waals surface area contributed by atoms with Gasteiger partial charge in [-0.25, -0.2) is 8.42 Å². The zero-order valence-electron chi connectivity index (χ0n) is 10.7. The standard InChI is InChI=1S/C13H21NO2S/c1-11(2)17(15,16)10-9-14-12(3)13-7-5-4-6-8-13/h4-8,11-12,14H,9-10H2,1-3H3/t12-/m1/s1. The lowest BCUT2D eigenvalue weighted by Crippen LogP contribution is -2.28. The predicted molar refractivity (Wildman–Crippen MR) is 71.8 cm³/mol. The van der Waals surface area contributed by atoms with Gasteiger partial charge in [-0.3, -0.25) is 0 Å². The highest BCUT2D eigenvalue weighted by Crippen LogP contribution is 2.10. The first-order valence-electron chi connectivity index (χ1n) is 5.93. The van der Waals surface area contributed by atoms with E-state index in [1.54, 1.807) is 13.8 Å². The average molecular weight is 255 g/mol. The highest BCUT2D eigenvalue weighted by Gasteiger charge is 2.15. The van der Waals surface area contributed by atoms with Crippen LogP contribution in [0.4, 0.5) is 0 Å². The first-order chi connectivity index (χ1) is 7.93. The maximum absolute atomic E-state index is 11.6. The first kappa shape index (κ1) is 14.2. The molecule has 1 aromatic carbocycles. The molecule has 1 N–H and O–H groups in total. The Bertz CT molecular complexity index is 426. The molecule has 4 heteroatoms. The van der Waals surface area contributed by atoms with Crippen LogP contribution in [-0.4, -0.2) is 26.0 Å². The molecule has 0 aromatic heterocycles. The Morgan fingerprint density at radius 2 is 1.71 bits per heavy atom. The van der Waals surface area contributed by atoms with E-state index in [0.29, 0.717) is 6.54 Å². The molecule has 17 heavy (non-hydrogen) atoms. The first-order valence-corrected chi connectivity index (χ1v) is 7.65. The molecular weight excluding hydrogens is 234 g/mol. The van der Waals surface area contributed by atoms with Gasteiger partial charge in [0.1, 0.15) is 0 Å². The minimum Gasteiger partial charge on any atom is -0.309 e. The predicted octanol–water partition coefficient (Wildman–Crippen LogP) is 2.16. The SMILES string of the molecule is CC(C)S(=O)(=O)CCN[C@H](C)c1ccccc1. The number of nitrogens with one attached hydrogen (secondary N) is 1. The maximum atomic E-state index is 11.6. The Morgan fingerprint density at radius 1 is 1.12 bits per heavy atom. The van der Waals surface area contributed by atoms with E-state index in [2.05, 4.69) is 5.32 Å². The third kappa shape index (κ3) is 4.48. The summed E-state index contributed by atoms with van der Waals surface area (Å²) in [5.74, 6) is 0.196. The lowest BCUT2D eigenvalue weighted by Gasteiger charge is -2.15. The molecule has 0 bridgehead atoms. The van der Waals surface area contributed by atoms with Gasteiger partial charge in [-0.15, -0.1) is 0 Å². The van der Waals surface area contributed by atoms with Crippen LogP contribution in [0.5, 0.6) is 0 Å². The molecule has 0 saturated heterocycles. The number of rotatable bonds is 6. The summed E-state index contributed by atoms with van der Waals surface area (Å²) in [5.41, 5.74) is 1.18. The molecule has 0 unspecified atom stereocenters. The summed E-state index contributed by atoms with van der Waals surface area (Å²) in [6, 6.07) is 10.2. The van der Waals surface area contributed by atoms with Crippen LogP contribution in [0.25, 0.3) is 0 Å². The van der Waals surface area contributed by atoms with E-state index in [0.717, 1.165) is 0 Å². The Kier molecular flexibility index (Phi) is 5.15. The molecular formula is C13H21NO2S. The second-order valence-corrected chi connectivity index (χ2v) is 7.18. The highest BCUT2D eigenvalue weighted by molar-refractivity contribution is 7.92. The molecule has 96 valence electrons. The number of hydrogen-bond donors (Lipinski definition) is 1. The van der Waals surface area contributed by atoms with Crippen LogP contribution in [0, 0.1) is 0 Å². The van der Waals surface area contributed by atoms with Gasteiger partial charge in [0.15, 0.2) is 9.84 Å². The second-order valence-electron chi connectivity index (χ2n) is 4.50. The van der Waals surface area contributed by atoms with E-state index in [1.807, 2.05) is 37.3 Å². The monoisotopic (exact) mass is 255 g/mol. The van der Waals surface area contributed by atoms with Crippen LogP contribution >= 0.6 is 0 Å². The fraction of sp³-hybridized carbons (Fsp3) is 0.538. The topological polar surface area (TPSA) is 46.2 Å². The normalized spacial score (nSPS) is 13.9. The van der Waals surface area contributed by atoms with Crippen molar-refractivity contribution >= 4 is 9.84 Å². The van der Waals surface area contributed by atoms with E-state index in [4.69, 9.17) is 0 Å². The van der Waals surface area contributed by atoms with E-state index in [1.165, 1.54) is 5.56 Å². The van der Waals surface area contributed by atoms with Gasteiger partial charge in [-0.2, -0.15) is 0 Å². The van der Waals surface area contributed by atoms with Gasteiger partial charge in [0.25, 0.3) is 0 Å². The molecule has 0 fully saturated rings. The minimum atomic E-state index is -2.94. The summed E-state index contributed by atoms with van der Waals surface area (Å²) in [6.07, 6.45) is 0. The van der Waals surface area contributed by atoms with Crippen molar-refractivity contribution in [2.24, 2.45) is 0 Å². The van der Waals surface area contributed by atoms with Crippen molar-refractivity contribution in [1.29, 1.82) is 0 Å². The van der Waals surface area contributed by atoms with E-state index in [-0.39, 0.29) is 17.0 Å². The van der Waals surface area contributed by atoms with E-state index < -0.39 is 9.84 Å². The zero-order chi connectivity index (χ0) is 12.9. The number of hydrogen-bond acceptors (Lipinski definition) is 3. The Hall–Kier alpha value is -0.870. The summed E-state index contributed by atoms with van der Waals surface area (Å²) in [7, 11) is -2.94. The largest absolute Gasteiger partial charge is 0.309 e. The fourth-order valence-electron chi connectivity index (χ4n) is 1.51. The smallest absolute Gasteiger partial charge is 0.153 e. The van der Waals surface area contributed by atoms with Gasteiger partial charge < -0.3 is 5.32 Å². The minimum absolute atomic E-state index is 0.179. The van der Waals surface area contributed by atoms with Crippen LogP contribution < -0.4 is 5.32 Å². The Morgan fingerprint density at radius 3 is 2.24 bits per heavy atom. The molecule has 1 atom stereocenters. The van der Waals surface area contributed by atoms with E-state index >= 15 is 0 Å². The van der Waals surface area contributed by atoms with Crippen LogP contribution in [0.1, 0.15) is 32.4 Å². The molecule has 1 rings (SSSR count). The van der Waals surface area contributed by atoms with Gasteiger partial charge in [0.05, 0.1) is 11.0 Å². The van der Waals surface area contributed by atoms with Crippen LogP contribution in [0.2, 0.25) is 0 Å². The zero-order valence-corrected chi connectivity index (χ0v) is 11.5. The van der Waals surface area contributed by atoms with Gasteiger partial charge in [0.2, 0.25) is 0 Å². The maximum Gasteiger partial charge on any atom is 0.153 e. The summed E-state index contributed by atoms with van der Waals surface area (Å²) >= 11 is 0. The number of benzene rings is 1. The van der Waals surface area contributed by atoms with Crippen LogP contribution in [0.3, 0.4) is 0 Å². The lowest BCUT2D eigenvalue weighted by atomic mass is 10.1. The van der Waals surface area contributed by atoms with Crippen molar-refractivity contribution in [2.75, 3.05) is 12.3 Å². The van der Waals surface area contributed by atoms with Crippen molar-refractivity contribution in [2.45, 2.75) is 32.1 Å². The summed E-state index contributed by atoms with van der Waals surface area (Å²) in [6.45, 7) is 5.97. The second kappa shape index (κ2) is 6.17. The van der Waals surface area contributed by atoms with Crippen molar-refractivity contribution in [1.82, 2.24) is 5.32 Å². The molecule has 0 radical (unpaired) electrons. The molecule has 0 heterocycles. The van der Waals surface area contributed by atoms with Crippen LogP contribution in [0.15, 0.2) is 30.3 Å². The third-order valence-electron chi connectivity index (χ3n) is 2.85. The average Bonchev–Trinajstić information content (AvgIpc) is 2.29. The van der Waals surface area contributed by atoms with Crippen molar-refractivity contribution < 1.29 is 8.42 Å². The summed E-state index contributed by atoms with van der Waals surface area (Å²) < 4.78 is 23.2.